The van der Waals surface area contributed by atoms with E-state index in [4.69, 9.17) is 10.8 Å². The zero-order valence-electron chi connectivity index (χ0n) is 11.1. The van der Waals surface area contributed by atoms with Crippen LogP contribution >= 0.6 is 11.3 Å². The highest BCUT2D eigenvalue weighted by molar-refractivity contribution is 7.89. The Morgan fingerprint density at radius 3 is 2.76 bits per heavy atom. The van der Waals surface area contributed by atoms with Crippen molar-refractivity contribution in [1.29, 1.82) is 0 Å². The quantitative estimate of drug-likeness (QED) is 0.799. The average molecular weight is 327 g/mol. The minimum atomic E-state index is -3.98. The first-order chi connectivity index (χ1) is 9.82. The fraction of sp³-hybridized carbons (Fsp3) is 0.167. The summed E-state index contributed by atoms with van der Waals surface area (Å²) in [6.45, 7) is 0.0552. The highest BCUT2D eigenvalue weighted by Crippen LogP contribution is 2.23. The van der Waals surface area contributed by atoms with Gasteiger partial charge in [0, 0.05) is 18.1 Å². The van der Waals surface area contributed by atoms with Crippen molar-refractivity contribution in [2.75, 3.05) is 12.8 Å². The Morgan fingerprint density at radius 1 is 1.48 bits per heavy atom. The van der Waals surface area contributed by atoms with Gasteiger partial charge in [-0.2, -0.15) is 4.31 Å². The van der Waals surface area contributed by atoms with Crippen molar-refractivity contribution in [1.82, 2.24) is 9.29 Å². The number of aromatic nitrogens is 1. The van der Waals surface area contributed by atoms with Crippen LogP contribution in [0.2, 0.25) is 0 Å². The van der Waals surface area contributed by atoms with Crippen molar-refractivity contribution in [2.24, 2.45) is 0 Å². The van der Waals surface area contributed by atoms with Crippen LogP contribution in [-0.2, 0) is 16.6 Å². The molecule has 0 aliphatic carbocycles. The van der Waals surface area contributed by atoms with Crippen LogP contribution in [0.5, 0.6) is 0 Å². The third-order valence-electron chi connectivity index (χ3n) is 2.79. The van der Waals surface area contributed by atoms with Crippen molar-refractivity contribution < 1.29 is 18.3 Å². The van der Waals surface area contributed by atoms with E-state index in [9.17, 15) is 13.2 Å². The van der Waals surface area contributed by atoms with Gasteiger partial charge in [0.1, 0.15) is 0 Å². The summed E-state index contributed by atoms with van der Waals surface area (Å²) >= 11 is 1.35. The Morgan fingerprint density at radius 2 is 2.19 bits per heavy atom. The highest BCUT2D eigenvalue weighted by atomic mass is 32.2. The number of benzene rings is 1. The molecular formula is C12H13N3O4S2. The van der Waals surface area contributed by atoms with Gasteiger partial charge in [0.15, 0.2) is 0 Å². The summed E-state index contributed by atoms with van der Waals surface area (Å²) in [6.07, 6.45) is 0. The van der Waals surface area contributed by atoms with Gasteiger partial charge in [0.25, 0.3) is 0 Å². The summed E-state index contributed by atoms with van der Waals surface area (Å²) < 4.78 is 26.1. The molecule has 0 amide bonds. The van der Waals surface area contributed by atoms with Gasteiger partial charge in [-0.1, -0.05) is 0 Å². The third-order valence-corrected chi connectivity index (χ3v) is 5.27. The Kier molecular flexibility index (Phi) is 4.26. The molecule has 2 rings (SSSR count). The number of rotatable bonds is 5. The van der Waals surface area contributed by atoms with Gasteiger partial charge < -0.3 is 10.8 Å². The number of hydrogen-bond donors (Lipinski definition) is 2. The number of sulfonamides is 1. The van der Waals surface area contributed by atoms with Crippen LogP contribution in [0.25, 0.3) is 0 Å². The second-order valence-corrected chi connectivity index (χ2v) is 7.03. The molecule has 1 heterocycles. The molecule has 0 atom stereocenters. The molecule has 9 heteroatoms. The Bertz CT molecular complexity index is 757. The summed E-state index contributed by atoms with van der Waals surface area (Å²) in [5.41, 5.74) is 7.63. The average Bonchev–Trinajstić information content (AvgIpc) is 2.91. The summed E-state index contributed by atoms with van der Waals surface area (Å²) in [4.78, 5) is 14.9. The number of carboxylic acids is 1. The van der Waals surface area contributed by atoms with Crippen molar-refractivity contribution in [3.05, 3.63) is 40.3 Å². The second kappa shape index (κ2) is 5.80. The van der Waals surface area contributed by atoms with Gasteiger partial charge in [-0.25, -0.2) is 18.2 Å². The molecule has 0 fully saturated rings. The summed E-state index contributed by atoms with van der Waals surface area (Å²) in [5.74, 6) is -1.32. The first-order valence-electron chi connectivity index (χ1n) is 5.78. The number of thiazole rings is 1. The van der Waals surface area contributed by atoms with E-state index in [-0.39, 0.29) is 22.7 Å². The standard InChI is InChI=1S/C12H13N3O4S2/c1-15(5-9-6-20-7-14-9)21(18,19)11-4-8(13)2-3-10(11)12(16)17/h2-4,6-7H,5,13H2,1H3,(H,16,17). The molecule has 0 saturated heterocycles. The van der Waals surface area contributed by atoms with Gasteiger partial charge in [0.05, 0.1) is 28.2 Å². The van der Waals surface area contributed by atoms with E-state index in [2.05, 4.69) is 4.98 Å². The lowest BCUT2D eigenvalue weighted by Gasteiger charge is -2.17. The molecule has 1 aromatic heterocycles. The number of carboxylic acid groups (broad SMARTS) is 1. The molecule has 0 spiro atoms. The predicted octanol–water partition coefficient (Wildman–Crippen LogP) is 1.24. The molecule has 3 N–H and O–H groups in total. The molecule has 0 aliphatic heterocycles. The molecule has 1 aromatic carbocycles. The lowest BCUT2D eigenvalue weighted by atomic mass is 10.2. The Balaban J connectivity index is 2.43. The number of aromatic carboxylic acids is 1. The normalized spacial score (nSPS) is 11.7. The summed E-state index contributed by atoms with van der Waals surface area (Å²) in [6, 6.07) is 3.68. The van der Waals surface area contributed by atoms with E-state index < -0.39 is 16.0 Å². The minimum absolute atomic E-state index is 0.0552. The molecule has 0 radical (unpaired) electrons. The lowest BCUT2D eigenvalue weighted by molar-refractivity contribution is 0.0692. The zero-order chi connectivity index (χ0) is 15.6. The van der Waals surface area contributed by atoms with E-state index in [1.54, 1.807) is 10.9 Å². The molecule has 0 bridgehead atoms. The number of nitrogen functional groups attached to an aromatic ring is 1. The number of hydrogen-bond acceptors (Lipinski definition) is 6. The predicted molar refractivity (Wildman–Crippen MR) is 78.6 cm³/mol. The van der Waals surface area contributed by atoms with Crippen molar-refractivity contribution in [3.8, 4) is 0 Å². The SMILES string of the molecule is CN(Cc1cscn1)S(=O)(=O)c1cc(N)ccc1C(=O)O. The number of carbonyl (C=O) groups is 1. The Hall–Kier alpha value is -1.97. The van der Waals surface area contributed by atoms with Crippen LogP contribution in [0.1, 0.15) is 16.1 Å². The smallest absolute Gasteiger partial charge is 0.337 e. The maximum Gasteiger partial charge on any atom is 0.337 e. The molecule has 21 heavy (non-hydrogen) atoms. The summed E-state index contributed by atoms with van der Waals surface area (Å²) in [7, 11) is -2.61. The van der Waals surface area contributed by atoms with E-state index in [0.717, 1.165) is 10.4 Å². The van der Waals surface area contributed by atoms with Crippen LogP contribution in [0.4, 0.5) is 5.69 Å². The first-order valence-corrected chi connectivity index (χ1v) is 8.17. The fourth-order valence-electron chi connectivity index (χ4n) is 1.73. The Labute approximate surface area is 125 Å². The first kappa shape index (κ1) is 15.4. The zero-order valence-corrected chi connectivity index (χ0v) is 12.7. The molecule has 2 aromatic rings. The van der Waals surface area contributed by atoms with E-state index >= 15 is 0 Å². The van der Waals surface area contributed by atoms with Crippen LogP contribution < -0.4 is 5.73 Å². The van der Waals surface area contributed by atoms with Crippen LogP contribution in [0.3, 0.4) is 0 Å². The van der Waals surface area contributed by atoms with E-state index in [1.807, 2.05) is 0 Å². The van der Waals surface area contributed by atoms with Gasteiger partial charge in [-0.3, -0.25) is 0 Å². The van der Waals surface area contributed by atoms with Crippen LogP contribution in [0, 0.1) is 0 Å². The van der Waals surface area contributed by atoms with Crippen molar-refractivity contribution in [3.63, 3.8) is 0 Å². The monoisotopic (exact) mass is 327 g/mol. The van der Waals surface area contributed by atoms with Crippen LogP contribution in [-0.4, -0.2) is 35.8 Å². The summed E-state index contributed by atoms with van der Waals surface area (Å²) in [5, 5.41) is 10.8. The number of nitrogens with two attached hydrogens (primary N) is 1. The molecule has 112 valence electrons. The van der Waals surface area contributed by atoms with E-state index in [1.165, 1.54) is 30.5 Å². The number of nitrogens with zero attached hydrogens (tertiary/aromatic N) is 2. The van der Waals surface area contributed by atoms with Gasteiger partial charge in [0.2, 0.25) is 10.0 Å². The topological polar surface area (TPSA) is 114 Å². The maximum atomic E-state index is 12.5. The molecule has 0 saturated carbocycles. The van der Waals surface area contributed by atoms with Gasteiger partial charge in [-0.05, 0) is 18.2 Å². The molecule has 0 unspecified atom stereocenters. The third kappa shape index (κ3) is 3.20. The number of anilines is 1. The molecule has 7 nitrogen and oxygen atoms in total. The maximum absolute atomic E-state index is 12.5. The largest absolute Gasteiger partial charge is 0.478 e. The van der Waals surface area contributed by atoms with Crippen molar-refractivity contribution in [2.45, 2.75) is 11.4 Å². The molecule has 0 aliphatic rings. The lowest BCUT2D eigenvalue weighted by Crippen LogP contribution is -2.28. The fourth-order valence-corrected chi connectivity index (χ4v) is 3.63. The second-order valence-electron chi connectivity index (χ2n) is 4.30. The van der Waals surface area contributed by atoms with Crippen LogP contribution in [0.15, 0.2) is 34.0 Å². The minimum Gasteiger partial charge on any atom is -0.478 e. The van der Waals surface area contributed by atoms with Gasteiger partial charge >= 0.3 is 5.97 Å². The highest BCUT2D eigenvalue weighted by Gasteiger charge is 2.27. The molecular weight excluding hydrogens is 314 g/mol. The van der Waals surface area contributed by atoms with Gasteiger partial charge in [-0.15, -0.1) is 11.3 Å². The van der Waals surface area contributed by atoms with Crippen molar-refractivity contribution >= 4 is 33.0 Å². The van der Waals surface area contributed by atoms with E-state index in [0.29, 0.717) is 5.69 Å².